The van der Waals surface area contributed by atoms with Gasteiger partial charge < -0.3 is 15.1 Å². The second-order valence-corrected chi connectivity index (χ2v) is 6.65. The highest BCUT2D eigenvalue weighted by Crippen LogP contribution is 2.19. The Morgan fingerprint density at radius 1 is 1.33 bits per heavy atom. The number of aromatic nitrogens is 1. The molecule has 1 N–H and O–H groups in total. The molecule has 0 aromatic carbocycles. The molecule has 1 saturated heterocycles. The van der Waals surface area contributed by atoms with Crippen molar-refractivity contribution in [3.63, 3.8) is 0 Å². The number of hydrogen-bond donors (Lipinski definition) is 1. The van der Waals surface area contributed by atoms with Crippen LogP contribution in [0, 0.1) is 5.92 Å². The minimum Gasteiger partial charge on any atom is -0.359 e. The molecule has 0 amide bonds. The smallest absolute Gasteiger partial charge is 0.128 e. The van der Waals surface area contributed by atoms with Gasteiger partial charge in [-0.1, -0.05) is 19.9 Å². The molecule has 0 unspecified atom stereocenters. The van der Waals surface area contributed by atoms with Gasteiger partial charge in [0.15, 0.2) is 0 Å². The zero-order valence-corrected chi connectivity index (χ0v) is 14.0. The molecular weight excluding hydrogens is 260 g/mol. The van der Waals surface area contributed by atoms with Crippen molar-refractivity contribution in [2.75, 3.05) is 38.6 Å². The zero-order chi connectivity index (χ0) is 15.2. The first kappa shape index (κ1) is 16.2. The lowest BCUT2D eigenvalue weighted by molar-refractivity contribution is 0.222. The molecule has 0 spiro atoms. The molecule has 0 atom stereocenters. The van der Waals surface area contributed by atoms with Crippen molar-refractivity contribution in [1.29, 1.82) is 0 Å². The number of anilines is 1. The van der Waals surface area contributed by atoms with E-state index in [1.54, 1.807) is 0 Å². The van der Waals surface area contributed by atoms with E-state index in [2.05, 4.69) is 61.3 Å². The van der Waals surface area contributed by atoms with E-state index in [4.69, 9.17) is 4.98 Å². The van der Waals surface area contributed by atoms with E-state index >= 15 is 0 Å². The molecule has 0 radical (unpaired) electrons. The van der Waals surface area contributed by atoms with Crippen molar-refractivity contribution in [2.24, 2.45) is 5.92 Å². The summed E-state index contributed by atoms with van der Waals surface area (Å²) in [5.41, 5.74) is 1.12. The molecule has 1 aliphatic heterocycles. The van der Waals surface area contributed by atoms with Gasteiger partial charge in [0.1, 0.15) is 5.82 Å². The molecule has 21 heavy (non-hydrogen) atoms. The summed E-state index contributed by atoms with van der Waals surface area (Å²) in [6.07, 6.45) is 2.60. The van der Waals surface area contributed by atoms with Crippen LogP contribution in [0.4, 0.5) is 5.82 Å². The van der Waals surface area contributed by atoms with Crippen LogP contribution in [0.15, 0.2) is 18.2 Å². The molecule has 4 nitrogen and oxygen atoms in total. The first-order valence-corrected chi connectivity index (χ1v) is 8.13. The predicted molar refractivity (Wildman–Crippen MR) is 89.7 cm³/mol. The first-order chi connectivity index (χ1) is 10.0. The maximum Gasteiger partial charge on any atom is 0.128 e. The second-order valence-electron chi connectivity index (χ2n) is 6.65. The molecule has 2 rings (SSSR count). The van der Waals surface area contributed by atoms with Crippen LogP contribution in [0.3, 0.4) is 0 Å². The van der Waals surface area contributed by atoms with E-state index < -0.39 is 0 Å². The first-order valence-electron chi connectivity index (χ1n) is 8.13. The fourth-order valence-corrected chi connectivity index (χ4v) is 2.81. The largest absolute Gasteiger partial charge is 0.359 e. The molecule has 4 heteroatoms. The van der Waals surface area contributed by atoms with E-state index in [9.17, 15) is 0 Å². The highest BCUT2D eigenvalue weighted by molar-refractivity contribution is 5.38. The lowest BCUT2D eigenvalue weighted by atomic mass is 9.97. The van der Waals surface area contributed by atoms with Gasteiger partial charge in [-0.05, 0) is 51.0 Å². The fraction of sp³-hybridized carbons (Fsp3) is 0.706. The normalized spacial score (nSPS) is 17.4. The van der Waals surface area contributed by atoms with Crippen molar-refractivity contribution >= 4 is 5.82 Å². The summed E-state index contributed by atoms with van der Waals surface area (Å²) in [4.78, 5) is 9.52. The predicted octanol–water partition coefficient (Wildman–Crippen LogP) is 2.36. The fourth-order valence-electron chi connectivity index (χ4n) is 2.81. The highest BCUT2D eigenvalue weighted by atomic mass is 15.2. The van der Waals surface area contributed by atoms with Gasteiger partial charge in [0.25, 0.3) is 0 Å². The molecule has 1 aliphatic rings. The van der Waals surface area contributed by atoms with Crippen LogP contribution in [-0.2, 0) is 6.54 Å². The van der Waals surface area contributed by atoms with Gasteiger partial charge in [-0.25, -0.2) is 4.98 Å². The van der Waals surface area contributed by atoms with Crippen LogP contribution in [0.25, 0.3) is 0 Å². The summed E-state index contributed by atoms with van der Waals surface area (Å²) in [6, 6.07) is 6.83. The average molecular weight is 290 g/mol. The Morgan fingerprint density at radius 2 is 2.05 bits per heavy atom. The van der Waals surface area contributed by atoms with Crippen LogP contribution in [0.1, 0.15) is 32.4 Å². The maximum absolute atomic E-state index is 4.78. The van der Waals surface area contributed by atoms with Gasteiger partial charge >= 0.3 is 0 Å². The average Bonchev–Trinajstić information content (AvgIpc) is 2.48. The Balaban J connectivity index is 1.89. The Hall–Kier alpha value is -1.13. The maximum atomic E-state index is 4.78. The monoisotopic (exact) mass is 290 g/mol. The Bertz CT molecular complexity index is 425. The summed E-state index contributed by atoms with van der Waals surface area (Å²) in [5.74, 6) is 1.89. The molecule has 118 valence electrons. The van der Waals surface area contributed by atoms with Gasteiger partial charge in [-0.15, -0.1) is 0 Å². The van der Waals surface area contributed by atoms with E-state index in [0.29, 0.717) is 6.04 Å². The standard InChI is InChI=1S/C17H30N4/c1-14(2)18-12-16-6-5-7-17(19-16)21(4)13-15-8-10-20(3)11-9-15/h5-7,14-15,18H,8-13H2,1-4H3. The van der Waals surface area contributed by atoms with Crippen molar-refractivity contribution in [3.05, 3.63) is 23.9 Å². The molecule has 1 fully saturated rings. The number of hydrogen-bond acceptors (Lipinski definition) is 4. The summed E-state index contributed by atoms with van der Waals surface area (Å²) >= 11 is 0. The topological polar surface area (TPSA) is 31.4 Å². The number of pyridine rings is 1. The van der Waals surface area contributed by atoms with Gasteiger partial charge in [0.2, 0.25) is 0 Å². The SMILES string of the molecule is CC(C)NCc1cccc(N(C)CC2CCN(C)CC2)n1. The molecule has 1 aromatic heterocycles. The third kappa shape index (κ3) is 5.29. The van der Waals surface area contributed by atoms with E-state index in [0.717, 1.165) is 30.5 Å². The Kier molecular flexibility index (Phi) is 6.00. The third-order valence-corrected chi connectivity index (χ3v) is 4.24. The van der Waals surface area contributed by atoms with Gasteiger partial charge in [-0.3, -0.25) is 0 Å². The van der Waals surface area contributed by atoms with E-state index in [1.165, 1.54) is 25.9 Å². The van der Waals surface area contributed by atoms with Gasteiger partial charge in [0, 0.05) is 26.2 Å². The molecule has 0 bridgehead atoms. The minimum absolute atomic E-state index is 0.493. The molecule has 1 aromatic rings. The van der Waals surface area contributed by atoms with Gasteiger partial charge in [-0.2, -0.15) is 0 Å². The van der Waals surface area contributed by atoms with Crippen molar-refractivity contribution < 1.29 is 0 Å². The van der Waals surface area contributed by atoms with Crippen LogP contribution in [0.2, 0.25) is 0 Å². The van der Waals surface area contributed by atoms with Crippen molar-refractivity contribution in [2.45, 2.75) is 39.3 Å². The summed E-state index contributed by atoms with van der Waals surface area (Å²) in [5, 5.41) is 3.43. The zero-order valence-electron chi connectivity index (χ0n) is 14.0. The van der Waals surface area contributed by atoms with Gasteiger partial charge in [0.05, 0.1) is 5.69 Å². The van der Waals surface area contributed by atoms with Crippen LogP contribution >= 0.6 is 0 Å². The molecule has 2 heterocycles. The molecular formula is C17H30N4. The third-order valence-electron chi connectivity index (χ3n) is 4.24. The second kappa shape index (κ2) is 7.76. The lowest BCUT2D eigenvalue weighted by Crippen LogP contribution is -2.36. The Labute approximate surface area is 129 Å². The number of piperidine rings is 1. The number of likely N-dealkylation sites (tertiary alicyclic amines) is 1. The molecule has 0 aliphatic carbocycles. The minimum atomic E-state index is 0.493. The van der Waals surface area contributed by atoms with Crippen molar-refractivity contribution in [3.8, 4) is 0 Å². The van der Waals surface area contributed by atoms with Crippen LogP contribution < -0.4 is 10.2 Å². The number of nitrogens with zero attached hydrogens (tertiary/aromatic N) is 3. The Morgan fingerprint density at radius 3 is 2.71 bits per heavy atom. The summed E-state index contributed by atoms with van der Waals surface area (Å²) < 4.78 is 0. The number of rotatable bonds is 6. The van der Waals surface area contributed by atoms with Crippen LogP contribution in [0.5, 0.6) is 0 Å². The lowest BCUT2D eigenvalue weighted by Gasteiger charge is -2.32. The van der Waals surface area contributed by atoms with E-state index in [1.807, 2.05) is 0 Å². The van der Waals surface area contributed by atoms with Crippen molar-refractivity contribution in [1.82, 2.24) is 15.2 Å². The summed E-state index contributed by atoms with van der Waals surface area (Å²) in [7, 11) is 4.38. The molecule has 0 saturated carbocycles. The van der Waals surface area contributed by atoms with Crippen LogP contribution in [-0.4, -0.2) is 49.7 Å². The summed E-state index contributed by atoms with van der Waals surface area (Å²) in [6.45, 7) is 8.73. The quantitative estimate of drug-likeness (QED) is 0.871. The van der Waals surface area contributed by atoms with E-state index in [-0.39, 0.29) is 0 Å². The number of nitrogens with one attached hydrogen (secondary N) is 1. The highest BCUT2D eigenvalue weighted by Gasteiger charge is 2.18.